The van der Waals surface area contributed by atoms with Gasteiger partial charge in [0, 0.05) is 19.5 Å². The van der Waals surface area contributed by atoms with Gasteiger partial charge in [0.1, 0.15) is 0 Å². The molecule has 0 saturated carbocycles. The number of halogens is 1. The molecule has 0 unspecified atom stereocenters. The van der Waals surface area contributed by atoms with Crippen molar-refractivity contribution < 1.29 is 4.79 Å². The molecule has 0 aliphatic heterocycles. The number of carbonyl (C=O) groups is 1. The number of rotatable bonds is 7. The Labute approximate surface area is 177 Å². The molecule has 150 valence electrons. The van der Waals surface area contributed by atoms with Crippen LogP contribution in [0.3, 0.4) is 0 Å². The second kappa shape index (κ2) is 10.0. The van der Waals surface area contributed by atoms with E-state index in [2.05, 4.69) is 43.0 Å². The van der Waals surface area contributed by atoms with Crippen molar-refractivity contribution in [1.29, 1.82) is 0 Å². The van der Waals surface area contributed by atoms with Gasteiger partial charge in [0.2, 0.25) is 5.91 Å². The lowest BCUT2D eigenvalue weighted by Crippen LogP contribution is -2.36. The van der Waals surface area contributed by atoms with Crippen molar-refractivity contribution in [2.75, 3.05) is 32.1 Å². The molecule has 0 aliphatic carbocycles. The van der Waals surface area contributed by atoms with Gasteiger partial charge < -0.3 is 4.90 Å². The number of nitrogens with zero attached hydrogens (tertiary/aromatic N) is 3. The number of carbonyl (C=O) groups excluding carboxylic acids is 1. The van der Waals surface area contributed by atoms with E-state index in [1.807, 2.05) is 37.2 Å². The largest absolute Gasteiger partial charge is 0.308 e. The molecule has 2 aromatic carbocycles. The number of aryl methyl sites for hydroxylation is 3. The first-order chi connectivity index (χ1) is 12.9. The van der Waals surface area contributed by atoms with Gasteiger partial charge >= 0.3 is 0 Å². The van der Waals surface area contributed by atoms with Gasteiger partial charge in [0.05, 0.1) is 10.2 Å². The van der Waals surface area contributed by atoms with Crippen molar-refractivity contribution in [3.63, 3.8) is 0 Å². The van der Waals surface area contributed by atoms with E-state index in [9.17, 15) is 4.79 Å². The normalized spacial score (nSPS) is 10.9. The fourth-order valence-electron chi connectivity index (χ4n) is 2.94. The first kappa shape index (κ1) is 22.3. The maximum absolute atomic E-state index is 13.0. The molecule has 0 saturated heterocycles. The smallest absolute Gasteiger partial charge is 0.229 e. The second-order valence-corrected chi connectivity index (χ2v) is 8.24. The molecule has 3 aromatic rings. The molecule has 1 aromatic heterocycles. The molecule has 6 heteroatoms. The molecule has 0 aliphatic rings. The number of likely N-dealkylation sites (N-methyl/N-ethyl adjacent to an activating group) is 1. The Bertz CT molecular complexity index is 885. The van der Waals surface area contributed by atoms with Gasteiger partial charge in [-0.2, -0.15) is 0 Å². The van der Waals surface area contributed by atoms with Crippen molar-refractivity contribution >= 4 is 45.0 Å². The summed E-state index contributed by atoms with van der Waals surface area (Å²) in [6.45, 7) is 5.68. The SMILES string of the molecule is Cc1cc2nc(N(CCN(C)C)C(=O)CCc3ccccc3)sc2cc1C.Cl. The average Bonchev–Trinajstić information content (AvgIpc) is 3.03. The summed E-state index contributed by atoms with van der Waals surface area (Å²) in [5, 5.41) is 0.801. The number of hydrogen-bond acceptors (Lipinski definition) is 4. The van der Waals surface area contributed by atoms with E-state index < -0.39 is 0 Å². The topological polar surface area (TPSA) is 36.4 Å². The maximum Gasteiger partial charge on any atom is 0.229 e. The number of anilines is 1. The molecule has 0 radical (unpaired) electrons. The van der Waals surface area contributed by atoms with Crippen LogP contribution in [0.2, 0.25) is 0 Å². The van der Waals surface area contributed by atoms with Crippen LogP contribution in [0.5, 0.6) is 0 Å². The van der Waals surface area contributed by atoms with Gasteiger partial charge in [0.15, 0.2) is 5.13 Å². The minimum Gasteiger partial charge on any atom is -0.308 e. The van der Waals surface area contributed by atoms with Crippen LogP contribution in [0.15, 0.2) is 42.5 Å². The Balaban J connectivity index is 0.00000280. The Morgan fingerprint density at radius 1 is 1.04 bits per heavy atom. The van der Waals surface area contributed by atoms with Crippen molar-refractivity contribution in [1.82, 2.24) is 9.88 Å². The zero-order valence-corrected chi connectivity index (χ0v) is 18.6. The highest BCUT2D eigenvalue weighted by molar-refractivity contribution is 7.22. The second-order valence-electron chi connectivity index (χ2n) is 7.23. The van der Waals surface area contributed by atoms with Crippen molar-refractivity contribution in [3.8, 4) is 0 Å². The van der Waals surface area contributed by atoms with Crippen molar-refractivity contribution in [2.45, 2.75) is 26.7 Å². The summed E-state index contributed by atoms with van der Waals surface area (Å²) >= 11 is 1.61. The lowest BCUT2D eigenvalue weighted by molar-refractivity contribution is -0.118. The predicted octanol–water partition coefficient (Wildman–Crippen LogP) is 4.86. The number of amides is 1. The lowest BCUT2D eigenvalue weighted by Gasteiger charge is -2.22. The van der Waals surface area contributed by atoms with Crippen LogP contribution in [0.25, 0.3) is 10.2 Å². The summed E-state index contributed by atoms with van der Waals surface area (Å²) in [7, 11) is 4.05. The van der Waals surface area contributed by atoms with E-state index in [4.69, 9.17) is 4.98 Å². The minimum atomic E-state index is 0. The third kappa shape index (κ3) is 5.53. The predicted molar refractivity (Wildman–Crippen MR) is 122 cm³/mol. The highest BCUT2D eigenvalue weighted by atomic mass is 35.5. The maximum atomic E-state index is 13.0. The van der Waals surface area contributed by atoms with Crippen LogP contribution in [0.1, 0.15) is 23.1 Å². The average molecular weight is 418 g/mol. The Hall–Kier alpha value is -1.95. The quantitative estimate of drug-likeness (QED) is 0.550. The van der Waals surface area contributed by atoms with Gasteiger partial charge in [-0.1, -0.05) is 41.7 Å². The van der Waals surface area contributed by atoms with Crippen LogP contribution < -0.4 is 4.90 Å². The van der Waals surface area contributed by atoms with E-state index in [1.165, 1.54) is 16.7 Å². The zero-order valence-electron chi connectivity index (χ0n) is 16.9. The highest BCUT2D eigenvalue weighted by Crippen LogP contribution is 2.31. The first-order valence-electron chi connectivity index (χ1n) is 9.31. The molecule has 0 N–H and O–H groups in total. The zero-order chi connectivity index (χ0) is 19.4. The van der Waals surface area contributed by atoms with Crippen LogP contribution in [0.4, 0.5) is 5.13 Å². The van der Waals surface area contributed by atoms with Gasteiger partial charge in [-0.25, -0.2) is 4.98 Å². The summed E-state index contributed by atoms with van der Waals surface area (Å²) in [4.78, 5) is 21.7. The van der Waals surface area contributed by atoms with E-state index in [0.29, 0.717) is 13.0 Å². The third-order valence-corrected chi connectivity index (χ3v) is 5.81. The van der Waals surface area contributed by atoms with Crippen LogP contribution in [-0.2, 0) is 11.2 Å². The number of thiazole rings is 1. The molecular weight excluding hydrogens is 390 g/mol. The number of hydrogen-bond donors (Lipinski definition) is 0. The molecule has 1 amide bonds. The van der Waals surface area contributed by atoms with E-state index in [-0.39, 0.29) is 18.3 Å². The molecular formula is C22H28ClN3OS. The number of fused-ring (bicyclic) bond motifs is 1. The summed E-state index contributed by atoms with van der Waals surface area (Å²) < 4.78 is 1.14. The molecule has 28 heavy (non-hydrogen) atoms. The summed E-state index contributed by atoms with van der Waals surface area (Å²) in [6.07, 6.45) is 1.24. The van der Waals surface area contributed by atoms with Crippen LogP contribution >= 0.6 is 23.7 Å². The lowest BCUT2D eigenvalue weighted by atomic mass is 10.1. The summed E-state index contributed by atoms with van der Waals surface area (Å²) in [6, 6.07) is 14.5. The van der Waals surface area contributed by atoms with Crippen molar-refractivity contribution in [2.24, 2.45) is 0 Å². The van der Waals surface area contributed by atoms with E-state index in [1.54, 1.807) is 11.3 Å². The molecule has 0 atom stereocenters. The van der Waals surface area contributed by atoms with Gasteiger partial charge in [-0.05, 0) is 63.2 Å². The van der Waals surface area contributed by atoms with Gasteiger partial charge in [-0.15, -0.1) is 12.4 Å². The van der Waals surface area contributed by atoms with Crippen molar-refractivity contribution in [3.05, 3.63) is 59.2 Å². The Kier molecular flexibility index (Phi) is 7.98. The summed E-state index contributed by atoms with van der Waals surface area (Å²) in [5.74, 6) is 0.133. The minimum absolute atomic E-state index is 0. The van der Waals surface area contributed by atoms with E-state index >= 15 is 0 Å². The Morgan fingerprint density at radius 3 is 2.39 bits per heavy atom. The van der Waals surface area contributed by atoms with E-state index in [0.717, 1.165) is 28.3 Å². The number of aromatic nitrogens is 1. The fraction of sp³-hybridized carbons (Fsp3) is 0.364. The number of benzene rings is 2. The third-order valence-electron chi connectivity index (χ3n) is 4.77. The molecule has 0 fully saturated rings. The molecule has 1 heterocycles. The standard InChI is InChI=1S/C22H27N3OS.ClH/c1-16-14-19-20(15-17(16)2)27-22(23-19)25(13-12-24(3)4)21(26)11-10-18-8-6-5-7-9-18;/h5-9,14-15H,10-13H2,1-4H3;1H. The van der Waals surface area contributed by atoms with Gasteiger partial charge in [0.25, 0.3) is 0 Å². The molecule has 4 nitrogen and oxygen atoms in total. The molecule has 0 spiro atoms. The summed E-state index contributed by atoms with van der Waals surface area (Å²) in [5.41, 5.74) is 4.65. The fourth-order valence-corrected chi connectivity index (χ4v) is 4.03. The highest BCUT2D eigenvalue weighted by Gasteiger charge is 2.20. The molecule has 0 bridgehead atoms. The monoisotopic (exact) mass is 417 g/mol. The van der Waals surface area contributed by atoms with Crippen LogP contribution in [0, 0.1) is 13.8 Å². The first-order valence-corrected chi connectivity index (χ1v) is 10.1. The Morgan fingerprint density at radius 2 is 1.71 bits per heavy atom. The molecule has 3 rings (SSSR count). The van der Waals surface area contributed by atoms with Crippen LogP contribution in [-0.4, -0.2) is 43.0 Å². The van der Waals surface area contributed by atoms with Gasteiger partial charge in [-0.3, -0.25) is 9.69 Å².